The zero-order valence-electron chi connectivity index (χ0n) is 18.1. The molecule has 5 rings (SSSR count). The molecule has 3 aromatic rings. The summed E-state index contributed by atoms with van der Waals surface area (Å²) in [7, 11) is 1.65. The zero-order chi connectivity index (χ0) is 23.1. The van der Waals surface area contributed by atoms with E-state index >= 15 is 0 Å². The average molecular weight is 464 g/mol. The summed E-state index contributed by atoms with van der Waals surface area (Å²) in [5.74, 6) is -0.641. The summed E-state index contributed by atoms with van der Waals surface area (Å²) >= 11 is 1.54. The number of carbonyl (C=O) groups excluding carboxylic acids is 3. The van der Waals surface area contributed by atoms with Crippen LogP contribution in [0.5, 0.6) is 5.75 Å². The molecule has 0 saturated heterocycles. The molecule has 0 saturated carbocycles. The molecule has 2 aromatic carbocycles. The average Bonchev–Trinajstić information content (AvgIpc) is 3.39. The van der Waals surface area contributed by atoms with E-state index in [1.807, 2.05) is 17.5 Å². The van der Waals surface area contributed by atoms with Crippen LogP contribution in [-0.2, 0) is 16.0 Å². The summed E-state index contributed by atoms with van der Waals surface area (Å²) < 4.78 is 10.9. The lowest BCUT2D eigenvalue weighted by Crippen LogP contribution is -2.50. The maximum absolute atomic E-state index is 13.1. The number of ether oxygens (including phenoxy) is 2. The van der Waals surface area contributed by atoms with E-state index in [-0.39, 0.29) is 12.6 Å². The summed E-state index contributed by atoms with van der Waals surface area (Å²) in [5, 5.41) is 2.91. The highest BCUT2D eigenvalue weighted by atomic mass is 32.1. The Morgan fingerprint density at radius 3 is 2.48 bits per heavy atom. The lowest BCUT2D eigenvalue weighted by Gasteiger charge is -2.35. The summed E-state index contributed by atoms with van der Waals surface area (Å²) in [4.78, 5) is 46.0. The van der Waals surface area contributed by atoms with Crippen LogP contribution in [0.4, 0.5) is 5.69 Å². The zero-order valence-corrected chi connectivity index (χ0v) is 18.9. The predicted molar refractivity (Wildman–Crippen MR) is 123 cm³/mol. The third kappa shape index (κ3) is 3.69. The maximum Gasteiger partial charge on any atom is 0.269 e. The number of amides is 3. The van der Waals surface area contributed by atoms with Crippen LogP contribution in [0.25, 0.3) is 11.3 Å². The van der Waals surface area contributed by atoms with Gasteiger partial charge in [0.05, 0.1) is 34.1 Å². The standard InChI is InChI=1S/C24H21N3O5S/c1-14-22(28)26(13-27-23(29)16-5-3-4-6-17(16)24(27)30)19-11-15(7-8-20(19)32-14)18-12-33-21(25-18)9-10-31-2/h3-8,11-12,14H,9-10,13H2,1-2H3. The third-order valence-corrected chi connectivity index (χ3v) is 6.60. The van der Waals surface area contributed by atoms with Gasteiger partial charge in [-0.15, -0.1) is 11.3 Å². The third-order valence-electron chi connectivity index (χ3n) is 5.70. The largest absolute Gasteiger partial charge is 0.479 e. The quantitative estimate of drug-likeness (QED) is 0.521. The first-order valence-electron chi connectivity index (χ1n) is 10.5. The molecule has 2 aliphatic heterocycles. The van der Waals surface area contributed by atoms with Gasteiger partial charge in [-0.05, 0) is 37.3 Å². The highest BCUT2D eigenvalue weighted by molar-refractivity contribution is 7.09. The monoisotopic (exact) mass is 463 g/mol. The van der Waals surface area contributed by atoms with E-state index in [1.165, 1.54) is 4.90 Å². The number of rotatable bonds is 6. The van der Waals surface area contributed by atoms with E-state index in [0.717, 1.165) is 27.6 Å². The Bertz CT molecular complexity index is 1240. The van der Waals surface area contributed by atoms with Gasteiger partial charge in [0.1, 0.15) is 12.4 Å². The molecule has 3 heterocycles. The highest BCUT2D eigenvalue weighted by Gasteiger charge is 2.40. The van der Waals surface area contributed by atoms with Gasteiger partial charge in [-0.3, -0.25) is 24.2 Å². The Hall–Kier alpha value is -3.56. The van der Waals surface area contributed by atoms with Crippen LogP contribution in [0.1, 0.15) is 32.6 Å². The molecule has 0 spiro atoms. The van der Waals surface area contributed by atoms with Crippen molar-refractivity contribution in [2.45, 2.75) is 19.4 Å². The second kappa shape index (κ2) is 8.42. The number of imide groups is 1. The number of thiazole rings is 1. The lowest BCUT2D eigenvalue weighted by atomic mass is 10.1. The van der Waals surface area contributed by atoms with Crippen molar-refractivity contribution in [1.82, 2.24) is 9.88 Å². The fourth-order valence-electron chi connectivity index (χ4n) is 3.97. The number of carbonyl (C=O) groups is 3. The smallest absolute Gasteiger partial charge is 0.269 e. The molecule has 9 heteroatoms. The Labute approximate surface area is 194 Å². The second-order valence-electron chi connectivity index (χ2n) is 7.80. The van der Waals surface area contributed by atoms with Crippen molar-refractivity contribution in [3.8, 4) is 17.0 Å². The van der Waals surface area contributed by atoms with Gasteiger partial charge in [-0.25, -0.2) is 4.98 Å². The van der Waals surface area contributed by atoms with E-state index in [9.17, 15) is 14.4 Å². The Morgan fingerprint density at radius 1 is 1.06 bits per heavy atom. The number of methoxy groups -OCH3 is 1. The lowest BCUT2D eigenvalue weighted by molar-refractivity contribution is -0.125. The van der Waals surface area contributed by atoms with Crippen LogP contribution in [0.15, 0.2) is 47.8 Å². The van der Waals surface area contributed by atoms with Gasteiger partial charge in [0.25, 0.3) is 17.7 Å². The molecule has 8 nitrogen and oxygen atoms in total. The van der Waals surface area contributed by atoms with Gasteiger partial charge >= 0.3 is 0 Å². The van der Waals surface area contributed by atoms with Crippen LogP contribution in [0, 0.1) is 0 Å². The summed E-state index contributed by atoms with van der Waals surface area (Å²) in [6.45, 7) is 2.05. The van der Waals surface area contributed by atoms with Crippen LogP contribution >= 0.6 is 11.3 Å². The molecule has 0 radical (unpaired) electrons. The molecule has 0 bridgehead atoms. The SMILES string of the molecule is COCCc1nc(-c2ccc3c(c2)N(CN2C(=O)c4ccccc4C2=O)C(=O)C(C)O3)cs1. The number of hydrogen-bond donors (Lipinski definition) is 0. The number of fused-ring (bicyclic) bond motifs is 2. The maximum atomic E-state index is 13.1. The fourth-order valence-corrected chi connectivity index (χ4v) is 4.76. The predicted octanol–water partition coefficient (Wildman–Crippen LogP) is 3.37. The van der Waals surface area contributed by atoms with Crippen molar-refractivity contribution in [2.24, 2.45) is 0 Å². The Morgan fingerprint density at radius 2 is 1.79 bits per heavy atom. The number of nitrogens with zero attached hydrogens (tertiary/aromatic N) is 3. The molecular formula is C24H21N3O5S. The number of anilines is 1. The molecule has 0 aliphatic carbocycles. The molecule has 168 valence electrons. The molecule has 0 N–H and O–H groups in total. The van der Waals surface area contributed by atoms with E-state index < -0.39 is 17.9 Å². The van der Waals surface area contributed by atoms with Crippen molar-refractivity contribution < 1.29 is 23.9 Å². The minimum absolute atomic E-state index is 0.189. The van der Waals surface area contributed by atoms with Crippen molar-refractivity contribution >= 4 is 34.7 Å². The summed E-state index contributed by atoms with van der Waals surface area (Å²) in [6, 6.07) is 12.2. The molecule has 1 unspecified atom stereocenters. The molecule has 0 fully saturated rings. The van der Waals surface area contributed by atoms with E-state index in [2.05, 4.69) is 4.98 Å². The first kappa shape index (κ1) is 21.3. The van der Waals surface area contributed by atoms with Crippen molar-refractivity contribution in [3.63, 3.8) is 0 Å². The Kier molecular flexibility index (Phi) is 5.43. The highest BCUT2D eigenvalue weighted by Crippen LogP contribution is 2.38. The number of hydrogen-bond acceptors (Lipinski definition) is 7. The van der Waals surface area contributed by atoms with Gasteiger partial charge in [0, 0.05) is 24.5 Å². The van der Waals surface area contributed by atoms with E-state index in [4.69, 9.17) is 9.47 Å². The first-order chi connectivity index (χ1) is 16.0. The molecular weight excluding hydrogens is 442 g/mol. The minimum atomic E-state index is -0.738. The van der Waals surface area contributed by atoms with Gasteiger partial charge in [-0.1, -0.05) is 12.1 Å². The summed E-state index contributed by atoms with van der Waals surface area (Å²) in [6.07, 6.45) is -0.0182. The van der Waals surface area contributed by atoms with Crippen molar-refractivity contribution in [1.29, 1.82) is 0 Å². The number of benzene rings is 2. The second-order valence-corrected chi connectivity index (χ2v) is 8.75. The number of aromatic nitrogens is 1. The summed E-state index contributed by atoms with van der Waals surface area (Å²) in [5.41, 5.74) is 2.78. The first-order valence-corrected chi connectivity index (χ1v) is 11.4. The van der Waals surface area contributed by atoms with Crippen molar-refractivity contribution in [3.05, 3.63) is 64.0 Å². The van der Waals surface area contributed by atoms with Gasteiger partial charge in [0.2, 0.25) is 0 Å². The van der Waals surface area contributed by atoms with Gasteiger partial charge in [-0.2, -0.15) is 0 Å². The van der Waals surface area contributed by atoms with Crippen LogP contribution < -0.4 is 9.64 Å². The molecule has 2 aliphatic rings. The van der Waals surface area contributed by atoms with Gasteiger partial charge < -0.3 is 9.47 Å². The molecule has 3 amide bonds. The van der Waals surface area contributed by atoms with Crippen LogP contribution in [0.2, 0.25) is 0 Å². The van der Waals surface area contributed by atoms with Gasteiger partial charge in [0.15, 0.2) is 6.10 Å². The minimum Gasteiger partial charge on any atom is -0.479 e. The van der Waals surface area contributed by atoms with Crippen LogP contribution in [-0.4, -0.2) is 54.1 Å². The van der Waals surface area contributed by atoms with E-state index in [1.54, 1.807) is 55.7 Å². The molecule has 1 atom stereocenters. The Balaban J connectivity index is 1.48. The van der Waals surface area contributed by atoms with Crippen LogP contribution in [0.3, 0.4) is 0 Å². The normalized spacial score (nSPS) is 17.3. The molecule has 33 heavy (non-hydrogen) atoms. The molecule has 1 aromatic heterocycles. The topological polar surface area (TPSA) is 89.0 Å². The van der Waals surface area contributed by atoms with Crippen molar-refractivity contribution in [2.75, 3.05) is 25.3 Å². The fraction of sp³-hybridized carbons (Fsp3) is 0.250. The van der Waals surface area contributed by atoms with E-state index in [0.29, 0.717) is 29.2 Å².